The van der Waals surface area contributed by atoms with Crippen molar-refractivity contribution < 1.29 is 14.6 Å². The van der Waals surface area contributed by atoms with Crippen molar-refractivity contribution in [3.8, 4) is 0 Å². The van der Waals surface area contributed by atoms with Gasteiger partial charge in [0, 0.05) is 0 Å². The molecular formula is C8H16O3. The first-order chi connectivity index (χ1) is 5.33. The van der Waals surface area contributed by atoms with Crippen LogP contribution in [0.1, 0.15) is 19.8 Å². The minimum absolute atomic E-state index is 0.238. The Morgan fingerprint density at radius 2 is 2.36 bits per heavy atom. The van der Waals surface area contributed by atoms with Crippen molar-refractivity contribution in [2.24, 2.45) is 0 Å². The minimum atomic E-state index is -0.291. The molecule has 1 aliphatic heterocycles. The van der Waals surface area contributed by atoms with Crippen LogP contribution in [-0.2, 0) is 9.47 Å². The average molecular weight is 160 g/mol. The molecule has 1 heterocycles. The highest BCUT2D eigenvalue weighted by Gasteiger charge is 2.19. The topological polar surface area (TPSA) is 38.7 Å². The molecule has 1 unspecified atom stereocenters. The van der Waals surface area contributed by atoms with Crippen LogP contribution in [0.3, 0.4) is 0 Å². The first-order valence-corrected chi connectivity index (χ1v) is 4.20. The largest absolute Gasteiger partial charge is 0.391 e. The molecule has 0 saturated carbocycles. The summed E-state index contributed by atoms with van der Waals surface area (Å²) in [5.74, 6) is 0. The van der Waals surface area contributed by atoms with Gasteiger partial charge in [-0.15, -0.1) is 0 Å². The predicted molar refractivity (Wildman–Crippen MR) is 41.5 cm³/mol. The van der Waals surface area contributed by atoms with E-state index in [2.05, 4.69) is 6.92 Å². The fraction of sp³-hybridized carbons (Fsp3) is 1.00. The summed E-state index contributed by atoms with van der Waals surface area (Å²) in [6.07, 6.45) is 1.78. The summed E-state index contributed by atoms with van der Waals surface area (Å²) >= 11 is 0. The van der Waals surface area contributed by atoms with Gasteiger partial charge in [-0.05, 0) is 6.42 Å². The van der Waals surface area contributed by atoms with Crippen LogP contribution in [0.4, 0.5) is 0 Å². The minimum Gasteiger partial charge on any atom is -0.391 e. The van der Waals surface area contributed by atoms with Crippen LogP contribution in [0, 0.1) is 0 Å². The molecule has 0 aromatic carbocycles. The highest BCUT2D eigenvalue weighted by atomic mass is 16.6. The summed E-state index contributed by atoms with van der Waals surface area (Å²) in [5, 5.41) is 9.25. The maximum absolute atomic E-state index is 9.25. The predicted octanol–water partition coefficient (Wildman–Crippen LogP) is 0.563. The number of hydrogen-bond acceptors (Lipinski definition) is 3. The zero-order chi connectivity index (χ0) is 8.10. The Morgan fingerprint density at radius 3 is 2.82 bits per heavy atom. The Hall–Kier alpha value is -0.120. The lowest BCUT2D eigenvalue weighted by atomic mass is 10.2. The lowest BCUT2D eigenvalue weighted by molar-refractivity contribution is -0.143. The van der Waals surface area contributed by atoms with Crippen molar-refractivity contribution in [2.45, 2.75) is 32.0 Å². The molecule has 3 nitrogen and oxygen atoms in total. The number of rotatable bonds is 5. The second kappa shape index (κ2) is 4.70. The highest BCUT2D eigenvalue weighted by Crippen LogP contribution is 2.06. The SMILES string of the molecule is CCCC(O)COC1COC1. The van der Waals surface area contributed by atoms with Gasteiger partial charge in [0.1, 0.15) is 6.10 Å². The Bertz CT molecular complexity index is 102. The van der Waals surface area contributed by atoms with E-state index in [1.807, 2.05) is 0 Å². The quantitative estimate of drug-likeness (QED) is 0.638. The van der Waals surface area contributed by atoms with Crippen LogP contribution in [0.2, 0.25) is 0 Å². The van der Waals surface area contributed by atoms with Crippen LogP contribution in [0.15, 0.2) is 0 Å². The lowest BCUT2D eigenvalue weighted by Crippen LogP contribution is -2.38. The van der Waals surface area contributed by atoms with Crippen molar-refractivity contribution >= 4 is 0 Å². The smallest absolute Gasteiger partial charge is 0.104 e. The van der Waals surface area contributed by atoms with E-state index in [-0.39, 0.29) is 12.2 Å². The Balaban J connectivity index is 1.92. The number of hydrogen-bond donors (Lipinski definition) is 1. The fourth-order valence-corrected chi connectivity index (χ4v) is 0.974. The molecule has 1 saturated heterocycles. The molecule has 0 radical (unpaired) electrons. The monoisotopic (exact) mass is 160 g/mol. The van der Waals surface area contributed by atoms with Gasteiger partial charge in [0.2, 0.25) is 0 Å². The number of aliphatic hydroxyl groups is 1. The summed E-state index contributed by atoms with van der Waals surface area (Å²) in [5.41, 5.74) is 0. The van der Waals surface area contributed by atoms with E-state index in [1.165, 1.54) is 0 Å². The molecule has 11 heavy (non-hydrogen) atoms. The molecular weight excluding hydrogens is 144 g/mol. The fourth-order valence-electron chi connectivity index (χ4n) is 0.974. The zero-order valence-electron chi connectivity index (χ0n) is 6.95. The third-order valence-corrected chi connectivity index (χ3v) is 1.75. The molecule has 0 spiro atoms. The van der Waals surface area contributed by atoms with Gasteiger partial charge < -0.3 is 14.6 Å². The molecule has 3 heteroatoms. The molecule has 0 amide bonds. The zero-order valence-corrected chi connectivity index (χ0v) is 6.95. The van der Waals surface area contributed by atoms with Crippen LogP contribution in [0.5, 0.6) is 0 Å². The van der Waals surface area contributed by atoms with E-state index in [1.54, 1.807) is 0 Å². The standard InChI is InChI=1S/C8H16O3/c1-2-3-7(9)4-11-8-5-10-6-8/h7-9H,2-6H2,1H3. The lowest BCUT2D eigenvalue weighted by Gasteiger charge is -2.26. The van der Waals surface area contributed by atoms with E-state index in [0.717, 1.165) is 12.8 Å². The van der Waals surface area contributed by atoms with E-state index < -0.39 is 0 Å². The third kappa shape index (κ3) is 3.18. The van der Waals surface area contributed by atoms with Gasteiger partial charge in [-0.3, -0.25) is 0 Å². The summed E-state index contributed by atoms with van der Waals surface area (Å²) in [7, 11) is 0. The maximum Gasteiger partial charge on any atom is 0.104 e. The molecule has 0 bridgehead atoms. The van der Waals surface area contributed by atoms with Gasteiger partial charge in [-0.25, -0.2) is 0 Å². The van der Waals surface area contributed by atoms with Gasteiger partial charge in [-0.1, -0.05) is 13.3 Å². The molecule has 1 atom stereocenters. The van der Waals surface area contributed by atoms with Crippen LogP contribution >= 0.6 is 0 Å². The van der Waals surface area contributed by atoms with Gasteiger partial charge in [0.05, 0.1) is 25.9 Å². The van der Waals surface area contributed by atoms with E-state index in [9.17, 15) is 5.11 Å². The first-order valence-electron chi connectivity index (χ1n) is 4.20. The van der Waals surface area contributed by atoms with Crippen LogP contribution in [0.25, 0.3) is 0 Å². The van der Waals surface area contributed by atoms with Crippen LogP contribution < -0.4 is 0 Å². The van der Waals surface area contributed by atoms with Crippen molar-refractivity contribution in [1.82, 2.24) is 0 Å². The normalized spacial score (nSPS) is 21.3. The molecule has 66 valence electrons. The Labute approximate surface area is 67.3 Å². The van der Waals surface area contributed by atoms with Crippen molar-refractivity contribution in [3.05, 3.63) is 0 Å². The molecule has 1 rings (SSSR count). The van der Waals surface area contributed by atoms with Gasteiger partial charge >= 0.3 is 0 Å². The summed E-state index contributed by atoms with van der Waals surface area (Å²) in [6.45, 7) is 3.90. The van der Waals surface area contributed by atoms with E-state index in [4.69, 9.17) is 9.47 Å². The second-order valence-corrected chi connectivity index (χ2v) is 2.94. The number of ether oxygens (including phenoxy) is 2. The summed E-state index contributed by atoms with van der Waals surface area (Å²) in [4.78, 5) is 0. The van der Waals surface area contributed by atoms with Gasteiger partial charge in [0.25, 0.3) is 0 Å². The first kappa shape index (κ1) is 8.97. The van der Waals surface area contributed by atoms with Crippen molar-refractivity contribution in [3.63, 3.8) is 0 Å². The van der Waals surface area contributed by atoms with E-state index in [0.29, 0.717) is 19.8 Å². The summed E-state index contributed by atoms with van der Waals surface area (Å²) in [6, 6.07) is 0. The molecule has 0 aromatic rings. The highest BCUT2D eigenvalue weighted by molar-refractivity contribution is 4.65. The second-order valence-electron chi connectivity index (χ2n) is 2.94. The van der Waals surface area contributed by atoms with E-state index >= 15 is 0 Å². The Kier molecular flexibility index (Phi) is 3.83. The number of aliphatic hydroxyl groups excluding tert-OH is 1. The molecule has 0 aliphatic carbocycles. The van der Waals surface area contributed by atoms with Gasteiger partial charge in [0.15, 0.2) is 0 Å². The summed E-state index contributed by atoms with van der Waals surface area (Å²) < 4.78 is 10.2. The van der Waals surface area contributed by atoms with Gasteiger partial charge in [-0.2, -0.15) is 0 Å². The molecule has 1 N–H and O–H groups in total. The molecule has 1 aliphatic rings. The molecule has 1 fully saturated rings. The van der Waals surface area contributed by atoms with Crippen molar-refractivity contribution in [2.75, 3.05) is 19.8 Å². The average Bonchev–Trinajstić information content (AvgIpc) is 1.85. The van der Waals surface area contributed by atoms with Crippen LogP contribution in [-0.4, -0.2) is 37.1 Å². The molecule has 0 aromatic heterocycles. The third-order valence-electron chi connectivity index (χ3n) is 1.75. The van der Waals surface area contributed by atoms with Crippen molar-refractivity contribution in [1.29, 1.82) is 0 Å². The Morgan fingerprint density at radius 1 is 1.64 bits per heavy atom. The maximum atomic E-state index is 9.25.